The molecule has 0 bridgehead atoms. The molecule has 0 atom stereocenters. The number of amides is 1. The molecule has 0 radical (unpaired) electrons. The van der Waals surface area contributed by atoms with E-state index in [0.717, 1.165) is 9.21 Å². The lowest BCUT2D eigenvalue weighted by Crippen LogP contribution is -2.53. The van der Waals surface area contributed by atoms with Gasteiger partial charge in [0.05, 0.1) is 11.4 Å². The summed E-state index contributed by atoms with van der Waals surface area (Å²) in [5, 5.41) is 9.51. The largest absolute Gasteiger partial charge is 0.480 e. The summed E-state index contributed by atoms with van der Waals surface area (Å²) in [7, 11) is -1.30. The highest BCUT2D eigenvalue weighted by Gasteiger charge is 2.36. The molecule has 0 aromatic heterocycles. The highest BCUT2D eigenvalue weighted by molar-refractivity contribution is 7.89. The second kappa shape index (κ2) is 6.86. The molecule has 1 N–H and O–H groups in total. The maximum absolute atomic E-state index is 12.4. The average Bonchev–Trinajstić information content (AvgIpc) is 2.46. The third-order valence-corrected chi connectivity index (χ3v) is 5.69. The molecule has 23 heavy (non-hydrogen) atoms. The highest BCUT2D eigenvalue weighted by atomic mass is 35.5. The van der Waals surface area contributed by atoms with Crippen molar-refractivity contribution in [3.63, 3.8) is 0 Å². The number of sulfonamides is 1. The first kappa shape index (κ1) is 19.4. The zero-order valence-corrected chi connectivity index (χ0v) is 14.8. The minimum atomic E-state index is -3.87. The van der Waals surface area contributed by atoms with E-state index in [9.17, 15) is 18.0 Å². The van der Waals surface area contributed by atoms with Gasteiger partial charge in [-0.2, -0.15) is 4.31 Å². The molecule has 0 aliphatic carbocycles. The topological polar surface area (TPSA) is 95.0 Å². The van der Waals surface area contributed by atoms with Crippen LogP contribution in [0.3, 0.4) is 0 Å². The molecule has 9 heteroatoms. The first-order chi connectivity index (χ1) is 10.4. The van der Waals surface area contributed by atoms with Crippen molar-refractivity contribution in [3.8, 4) is 0 Å². The molecule has 0 heterocycles. The number of carboxylic acids is 1. The van der Waals surface area contributed by atoms with Crippen LogP contribution < -0.4 is 0 Å². The molecule has 0 fully saturated rings. The van der Waals surface area contributed by atoms with Crippen LogP contribution in [-0.4, -0.2) is 60.8 Å². The fourth-order valence-corrected chi connectivity index (χ4v) is 2.87. The van der Waals surface area contributed by atoms with Crippen molar-refractivity contribution in [3.05, 3.63) is 29.3 Å². The Bertz CT molecular complexity index is 700. The van der Waals surface area contributed by atoms with Gasteiger partial charge >= 0.3 is 5.97 Å². The minimum Gasteiger partial charge on any atom is -0.480 e. The molecule has 1 amide bonds. The number of halogens is 1. The van der Waals surface area contributed by atoms with Gasteiger partial charge in [0.1, 0.15) is 5.54 Å². The number of carbonyl (C=O) groups excluding carboxylic acids is 1. The predicted octanol–water partition coefficient (Wildman–Crippen LogP) is 1.28. The van der Waals surface area contributed by atoms with Gasteiger partial charge in [0, 0.05) is 19.1 Å². The van der Waals surface area contributed by atoms with E-state index in [0.29, 0.717) is 5.02 Å². The average molecular weight is 363 g/mol. The van der Waals surface area contributed by atoms with Crippen LogP contribution in [-0.2, 0) is 19.6 Å². The van der Waals surface area contributed by atoms with Crippen molar-refractivity contribution in [2.24, 2.45) is 0 Å². The standard InChI is InChI=1S/C14H19ClN2O5S/c1-14(2,13(19)20)17(4)12(18)9-16(3)23(21,22)11-7-5-10(15)6-8-11/h5-8H,9H2,1-4H3,(H,19,20). The van der Waals surface area contributed by atoms with Crippen molar-refractivity contribution in [2.75, 3.05) is 20.6 Å². The number of rotatable bonds is 6. The Labute approximate surface area is 140 Å². The Hall–Kier alpha value is -1.64. The highest BCUT2D eigenvalue weighted by Crippen LogP contribution is 2.18. The molecule has 7 nitrogen and oxygen atoms in total. The molecular formula is C14H19ClN2O5S. The smallest absolute Gasteiger partial charge is 0.329 e. The number of carboxylic acid groups (broad SMARTS) is 1. The Balaban J connectivity index is 2.94. The molecule has 128 valence electrons. The molecule has 0 spiro atoms. The van der Waals surface area contributed by atoms with E-state index in [1.807, 2.05) is 0 Å². The van der Waals surface area contributed by atoms with Crippen LogP contribution >= 0.6 is 11.6 Å². The lowest BCUT2D eigenvalue weighted by atomic mass is 10.0. The van der Waals surface area contributed by atoms with Gasteiger partial charge in [0.15, 0.2) is 0 Å². The SMILES string of the molecule is CN(C(=O)CN(C)S(=O)(=O)c1ccc(Cl)cc1)C(C)(C)C(=O)O. The summed E-state index contributed by atoms with van der Waals surface area (Å²) in [6, 6.07) is 5.54. The van der Waals surface area contributed by atoms with Gasteiger partial charge in [-0.3, -0.25) is 4.79 Å². The van der Waals surface area contributed by atoms with Crippen LogP contribution in [0.2, 0.25) is 5.02 Å². The van der Waals surface area contributed by atoms with Gasteiger partial charge in [0.2, 0.25) is 15.9 Å². The second-order valence-corrected chi connectivity index (χ2v) is 8.01. The summed E-state index contributed by atoms with van der Waals surface area (Å²) < 4.78 is 25.6. The van der Waals surface area contributed by atoms with Crippen LogP contribution in [0, 0.1) is 0 Å². The van der Waals surface area contributed by atoms with E-state index in [2.05, 4.69) is 0 Å². The molecule has 0 saturated heterocycles. The molecule has 0 saturated carbocycles. The number of hydrogen-bond acceptors (Lipinski definition) is 4. The van der Waals surface area contributed by atoms with Crippen molar-refractivity contribution < 1.29 is 23.1 Å². The van der Waals surface area contributed by atoms with E-state index >= 15 is 0 Å². The van der Waals surface area contributed by atoms with Crippen LogP contribution in [0.25, 0.3) is 0 Å². The van der Waals surface area contributed by atoms with Gasteiger partial charge in [-0.1, -0.05) is 11.6 Å². The number of likely N-dealkylation sites (N-methyl/N-ethyl adjacent to an activating group) is 2. The molecule has 0 aliphatic rings. The number of hydrogen-bond donors (Lipinski definition) is 1. The second-order valence-electron chi connectivity index (χ2n) is 5.53. The van der Waals surface area contributed by atoms with E-state index in [-0.39, 0.29) is 4.90 Å². The summed E-state index contributed by atoms with van der Waals surface area (Å²) in [5.41, 5.74) is -1.44. The number of nitrogens with zero attached hydrogens (tertiary/aromatic N) is 2. The summed E-state index contributed by atoms with van der Waals surface area (Å²) in [6.07, 6.45) is 0. The van der Waals surface area contributed by atoms with E-state index in [1.165, 1.54) is 52.2 Å². The first-order valence-corrected chi connectivity index (χ1v) is 8.44. The van der Waals surface area contributed by atoms with Gasteiger partial charge in [-0.25, -0.2) is 13.2 Å². The quantitative estimate of drug-likeness (QED) is 0.822. The van der Waals surface area contributed by atoms with Gasteiger partial charge in [0.25, 0.3) is 0 Å². The summed E-state index contributed by atoms with van der Waals surface area (Å²) in [6.45, 7) is 2.25. The number of aliphatic carboxylic acids is 1. The van der Waals surface area contributed by atoms with Gasteiger partial charge in [-0.05, 0) is 38.1 Å². The van der Waals surface area contributed by atoms with Gasteiger partial charge in [-0.15, -0.1) is 0 Å². The van der Waals surface area contributed by atoms with E-state index in [1.54, 1.807) is 0 Å². The lowest BCUT2D eigenvalue weighted by Gasteiger charge is -2.32. The summed E-state index contributed by atoms with van der Waals surface area (Å²) >= 11 is 5.72. The minimum absolute atomic E-state index is 0.00246. The fourth-order valence-electron chi connectivity index (χ4n) is 1.62. The zero-order chi connectivity index (χ0) is 18.0. The van der Waals surface area contributed by atoms with Crippen LogP contribution in [0.15, 0.2) is 29.2 Å². The van der Waals surface area contributed by atoms with Gasteiger partial charge < -0.3 is 10.0 Å². The first-order valence-electron chi connectivity index (χ1n) is 6.62. The van der Waals surface area contributed by atoms with Crippen LogP contribution in [0.1, 0.15) is 13.8 Å². The Morgan fingerprint density at radius 3 is 2.09 bits per heavy atom. The normalized spacial score (nSPS) is 12.3. The Morgan fingerprint density at radius 1 is 1.17 bits per heavy atom. The molecule has 0 aliphatic heterocycles. The molecule has 1 aromatic carbocycles. The maximum atomic E-state index is 12.4. The summed E-state index contributed by atoms with van der Waals surface area (Å²) in [4.78, 5) is 24.3. The maximum Gasteiger partial charge on any atom is 0.329 e. The van der Waals surface area contributed by atoms with Crippen LogP contribution in [0.4, 0.5) is 0 Å². The van der Waals surface area contributed by atoms with Crippen molar-refractivity contribution in [1.82, 2.24) is 9.21 Å². The van der Waals surface area contributed by atoms with Crippen LogP contribution in [0.5, 0.6) is 0 Å². The predicted molar refractivity (Wildman–Crippen MR) is 85.8 cm³/mol. The van der Waals surface area contributed by atoms with Crippen molar-refractivity contribution >= 4 is 33.5 Å². The van der Waals surface area contributed by atoms with Crippen molar-refractivity contribution in [1.29, 1.82) is 0 Å². The van der Waals surface area contributed by atoms with Crippen molar-refractivity contribution in [2.45, 2.75) is 24.3 Å². The zero-order valence-electron chi connectivity index (χ0n) is 13.3. The number of benzene rings is 1. The monoisotopic (exact) mass is 362 g/mol. The molecule has 0 unspecified atom stereocenters. The molecule has 1 aromatic rings. The Morgan fingerprint density at radius 2 is 1.65 bits per heavy atom. The third kappa shape index (κ3) is 4.21. The summed E-state index contributed by atoms with van der Waals surface area (Å²) in [5.74, 6) is -1.81. The molecular weight excluding hydrogens is 344 g/mol. The number of carbonyl (C=O) groups is 2. The van der Waals surface area contributed by atoms with E-state index in [4.69, 9.17) is 16.7 Å². The molecule has 1 rings (SSSR count). The van der Waals surface area contributed by atoms with E-state index < -0.39 is 34.0 Å². The Kier molecular flexibility index (Phi) is 5.79. The fraction of sp³-hybridized carbons (Fsp3) is 0.429. The lowest BCUT2D eigenvalue weighted by molar-refractivity contribution is -0.155. The third-order valence-electron chi connectivity index (χ3n) is 3.62.